The van der Waals surface area contributed by atoms with E-state index in [4.69, 9.17) is 9.47 Å². The van der Waals surface area contributed by atoms with E-state index in [1.807, 2.05) is 31.2 Å². The molecule has 5 nitrogen and oxygen atoms in total. The van der Waals surface area contributed by atoms with Crippen molar-refractivity contribution >= 4 is 10.0 Å². The van der Waals surface area contributed by atoms with Gasteiger partial charge in [-0.1, -0.05) is 29.8 Å². The van der Waals surface area contributed by atoms with Gasteiger partial charge in [-0.2, -0.15) is 0 Å². The molecular weight excluding hydrogens is 314 g/mol. The fourth-order valence-corrected chi connectivity index (χ4v) is 3.66. The van der Waals surface area contributed by atoms with Crippen LogP contribution >= 0.6 is 0 Å². The van der Waals surface area contributed by atoms with Crippen LogP contribution in [-0.2, 0) is 10.0 Å². The standard InChI is InChI=1S/C17H19NO4S/c1-12-7-9-14(10-8-12)23(19,20)18-13(2)17-11-21-15-5-3-4-6-16(15)22-17/h3-10,13,17-18H,11H2,1-2H3. The molecule has 6 heteroatoms. The summed E-state index contributed by atoms with van der Waals surface area (Å²) >= 11 is 0. The Morgan fingerprint density at radius 3 is 2.43 bits per heavy atom. The smallest absolute Gasteiger partial charge is 0.240 e. The number of sulfonamides is 1. The van der Waals surface area contributed by atoms with Crippen molar-refractivity contribution < 1.29 is 17.9 Å². The van der Waals surface area contributed by atoms with Crippen molar-refractivity contribution in [3.8, 4) is 11.5 Å². The Morgan fingerprint density at radius 2 is 1.74 bits per heavy atom. The van der Waals surface area contributed by atoms with Crippen LogP contribution in [-0.4, -0.2) is 27.2 Å². The molecule has 0 aromatic heterocycles. The summed E-state index contributed by atoms with van der Waals surface area (Å²) in [5.74, 6) is 1.31. The van der Waals surface area contributed by atoms with Gasteiger partial charge in [-0.25, -0.2) is 13.1 Å². The van der Waals surface area contributed by atoms with E-state index >= 15 is 0 Å². The molecule has 122 valence electrons. The van der Waals surface area contributed by atoms with Gasteiger partial charge in [0.1, 0.15) is 12.7 Å². The molecule has 1 heterocycles. The minimum Gasteiger partial charge on any atom is -0.486 e. The number of benzene rings is 2. The predicted octanol–water partition coefficient (Wildman–Crippen LogP) is 2.50. The molecule has 0 saturated carbocycles. The Hall–Kier alpha value is -2.05. The number of fused-ring (bicyclic) bond motifs is 1. The minimum atomic E-state index is -3.59. The number of rotatable bonds is 4. The van der Waals surface area contributed by atoms with Gasteiger partial charge in [0.25, 0.3) is 0 Å². The summed E-state index contributed by atoms with van der Waals surface area (Å²) in [6.45, 7) is 3.99. The molecule has 0 bridgehead atoms. The van der Waals surface area contributed by atoms with Crippen LogP contribution in [0.4, 0.5) is 0 Å². The molecule has 2 aromatic carbocycles. The van der Waals surface area contributed by atoms with Crippen LogP contribution in [0, 0.1) is 6.92 Å². The van der Waals surface area contributed by atoms with Gasteiger partial charge < -0.3 is 9.47 Å². The first-order chi connectivity index (χ1) is 11.0. The Labute approximate surface area is 136 Å². The zero-order valence-electron chi connectivity index (χ0n) is 13.0. The first-order valence-electron chi connectivity index (χ1n) is 7.43. The van der Waals surface area contributed by atoms with Crippen molar-refractivity contribution in [1.29, 1.82) is 0 Å². The van der Waals surface area contributed by atoms with E-state index in [0.29, 0.717) is 18.1 Å². The quantitative estimate of drug-likeness (QED) is 0.934. The summed E-state index contributed by atoms with van der Waals surface area (Å²) in [6.07, 6.45) is -0.384. The summed E-state index contributed by atoms with van der Waals surface area (Å²) in [5, 5.41) is 0. The van der Waals surface area contributed by atoms with E-state index in [1.165, 1.54) is 0 Å². The van der Waals surface area contributed by atoms with E-state index in [9.17, 15) is 8.42 Å². The van der Waals surface area contributed by atoms with Gasteiger partial charge in [-0.3, -0.25) is 0 Å². The van der Waals surface area contributed by atoms with Crippen molar-refractivity contribution in [1.82, 2.24) is 4.72 Å². The Bertz CT molecular complexity index is 786. The number of aryl methyl sites for hydroxylation is 1. The lowest BCUT2D eigenvalue weighted by Crippen LogP contribution is -2.48. The lowest BCUT2D eigenvalue weighted by atomic mass is 10.2. The van der Waals surface area contributed by atoms with Crippen LogP contribution in [0.3, 0.4) is 0 Å². The molecule has 0 spiro atoms. The van der Waals surface area contributed by atoms with Crippen LogP contribution in [0.1, 0.15) is 12.5 Å². The van der Waals surface area contributed by atoms with Gasteiger partial charge in [-0.05, 0) is 38.1 Å². The third kappa shape index (κ3) is 3.48. The summed E-state index contributed by atoms with van der Waals surface area (Å²) in [5.41, 5.74) is 1.01. The highest BCUT2D eigenvalue weighted by atomic mass is 32.2. The van der Waals surface area contributed by atoms with Crippen molar-refractivity contribution in [2.75, 3.05) is 6.61 Å². The number of ether oxygens (including phenoxy) is 2. The average Bonchev–Trinajstić information content (AvgIpc) is 2.54. The van der Waals surface area contributed by atoms with E-state index in [2.05, 4.69) is 4.72 Å². The van der Waals surface area contributed by atoms with E-state index in [-0.39, 0.29) is 11.0 Å². The summed E-state index contributed by atoms with van der Waals surface area (Å²) in [7, 11) is -3.59. The second kappa shape index (κ2) is 6.22. The fraction of sp³-hybridized carbons (Fsp3) is 0.294. The maximum absolute atomic E-state index is 12.4. The van der Waals surface area contributed by atoms with Gasteiger partial charge in [0.2, 0.25) is 10.0 Å². The zero-order chi connectivity index (χ0) is 16.4. The molecule has 1 N–H and O–H groups in total. The lowest BCUT2D eigenvalue weighted by Gasteiger charge is -2.30. The van der Waals surface area contributed by atoms with Crippen LogP contribution in [0.15, 0.2) is 53.4 Å². The van der Waals surface area contributed by atoms with Crippen molar-refractivity contribution in [3.05, 3.63) is 54.1 Å². The molecule has 0 radical (unpaired) electrons. The lowest BCUT2D eigenvalue weighted by molar-refractivity contribution is 0.0725. The maximum Gasteiger partial charge on any atom is 0.240 e. The molecule has 1 aliphatic rings. The highest BCUT2D eigenvalue weighted by Crippen LogP contribution is 2.31. The number of para-hydroxylation sites is 2. The van der Waals surface area contributed by atoms with Gasteiger partial charge in [0.15, 0.2) is 11.5 Å². The van der Waals surface area contributed by atoms with E-state index < -0.39 is 16.1 Å². The Balaban J connectivity index is 1.72. The van der Waals surface area contributed by atoms with Crippen molar-refractivity contribution in [3.63, 3.8) is 0 Å². The van der Waals surface area contributed by atoms with Crippen LogP contribution in [0.25, 0.3) is 0 Å². The van der Waals surface area contributed by atoms with Gasteiger partial charge in [-0.15, -0.1) is 0 Å². The maximum atomic E-state index is 12.4. The second-order valence-corrected chi connectivity index (χ2v) is 7.35. The highest BCUT2D eigenvalue weighted by Gasteiger charge is 2.29. The first-order valence-corrected chi connectivity index (χ1v) is 8.91. The summed E-state index contributed by atoms with van der Waals surface area (Å²) in [6, 6.07) is 13.7. The molecule has 2 unspecified atom stereocenters. The fourth-order valence-electron chi connectivity index (χ4n) is 2.39. The van der Waals surface area contributed by atoms with Gasteiger partial charge >= 0.3 is 0 Å². The third-order valence-corrected chi connectivity index (χ3v) is 5.34. The molecule has 23 heavy (non-hydrogen) atoms. The molecule has 0 aliphatic carbocycles. The van der Waals surface area contributed by atoms with Gasteiger partial charge in [0, 0.05) is 0 Å². The zero-order valence-corrected chi connectivity index (χ0v) is 13.8. The average molecular weight is 333 g/mol. The number of hydrogen-bond acceptors (Lipinski definition) is 4. The van der Waals surface area contributed by atoms with Crippen LogP contribution in [0.2, 0.25) is 0 Å². The SMILES string of the molecule is Cc1ccc(S(=O)(=O)NC(C)C2COc3ccccc3O2)cc1. The van der Waals surface area contributed by atoms with Crippen molar-refractivity contribution in [2.24, 2.45) is 0 Å². The number of nitrogens with one attached hydrogen (secondary N) is 1. The van der Waals surface area contributed by atoms with Crippen LogP contribution < -0.4 is 14.2 Å². The molecule has 1 aliphatic heterocycles. The molecule has 2 aromatic rings. The summed E-state index contributed by atoms with van der Waals surface area (Å²) < 4.78 is 39.0. The Morgan fingerprint density at radius 1 is 1.09 bits per heavy atom. The first kappa shape index (κ1) is 15.8. The predicted molar refractivity (Wildman–Crippen MR) is 87.3 cm³/mol. The highest BCUT2D eigenvalue weighted by molar-refractivity contribution is 7.89. The van der Waals surface area contributed by atoms with Crippen molar-refractivity contribution in [2.45, 2.75) is 30.9 Å². The molecule has 2 atom stereocenters. The van der Waals surface area contributed by atoms with E-state index in [1.54, 1.807) is 31.2 Å². The third-order valence-electron chi connectivity index (χ3n) is 3.76. The number of hydrogen-bond donors (Lipinski definition) is 1. The molecular formula is C17H19NO4S. The molecule has 0 fully saturated rings. The monoisotopic (exact) mass is 333 g/mol. The van der Waals surface area contributed by atoms with E-state index in [0.717, 1.165) is 5.56 Å². The molecule has 0 amide bonds. The summed E-state index contributed by atoms with van der Waals surface area (Å²) in [4.78, 5) is 0.243. The molecule has 0 saturated heterocycles. The normalized spacial score (nSPS) is 18.4. The minimum absolute atomic E-state index is 0.243. The van der Waals surface area contributed by atoms with Gasteiger partial charge in [0.05, 0.1) is 10.9 Å². The van der Waals surface area contributed by atoms with Crippen LogP contribution in [0.5, 0.6) is 11.5 Å². The Kier molecular flexibility index (Phi) is 4.28. The topological polar surface area (TPSA) is 64.6 Å². The second-order valence-electron chi connectivity index (χ2n) is 5.64. The molecule has 3 rings (SSSR count). The largest absolute Gasteiger partial charge is 0.486 e.